The van der Waals surface area contributed by atoms with Gasteiger partial charge in [0.1, 0.15) is 23.7 Å². The molecule has 35 heavy (non-hydrogen) atoms. The van der Waals surface area contributed by atoms with Crippen molar-refractivity contribution in [1.82, 2.24) is 34.0 Å². The number of amides is 1. The lowest BCUT2D eigenvalue weighted by molar-refractivity contribution is 0.0599. The van der Waals surface area contributed by atoms with Crippen LogP contribution in [0.2, 0.25) is 0 Å². The van der Waals surface area contributed by atoms with Gasteiger partial charge in [-0.2, -0.15) is 5.10 Å². The highest BCUT2D eigenvalue weighted by Gasteiger charge is 2.32. The Morgan fingerprint density at radius 1 is 1.14 bits per heavy atom. The number of carbonyl (C=O) groups is 1. The molecule has 2 aliphatic rings. The first-order valence-electron chi connectivity index (χ1n) is 12.2. The summed E-state index contributed by atoms with van der Waals surface area (Å²) in [4.78, 5) is 31.4. The zero-order valence-electron chi connectivity index (χ0n) is 19.8. The number of nitrogens with two attached hydrogens (primary N) is 1. The number of pyridine rings is 1. The Morgan fingerprint density at radius 2 is 2.06 bits per heavy atom. The van der Waals surface area contributed by atoms with Crippen molar-refractivity contribution >= 4 is 17.4 Å². The van der Waals surface area contributed by atoms with Crippen LogP contribution in [-0.2, 0) is 0 Å². The van der Waals surface area contributed by atoms with Crippen LogP contribution >= 0.6 is 0 Å². The number of carbonyl (C=O) groups excluding carboxylic acids is 1. The van der Waals surface area contributed by atoms with Crippen molar-refractivity contribution in [3.05, 3.63) is 66.1 Å². The Balaban J connectivity index is 1.31. The molecule has 0 bridgehead atoms. The molecular formula is C25H29N9O. The van der Waals surface area contributed by atoms with Gasteiger partial charge in [0.25, 0.3) is 5.91 Å². The number of aromatic nitrogens is 6. The maximum Gasteiger partial charge on any atom is 0.273 e. The lowest BCUT2D eigenvalue weighted by Crippen LogP contribution is -2.39. The van der Waals surface area contributed by atoms with Gasteiger partial charge in [-0.05, 0) is 44.7 Å². The number of nitrogens with zero attached hydrogens (tertiary/aromatic N) is 8. The molecule has 4 aromatic rings. The third-order valence-corrected chi connectivity index (χ3v) is 6.98. The van der Waals surface area contributed by atoms with Crippen LogP contribution in [0.1, 0.15) is 53.5 Å². The van der Waals surface area contributed by atoms with Crippen LogP contribution in [0.3, 0.4) is 0 Å². The van der Waals surface area contributed by atoms with Crippen molar-refractivity contribution in [2.24, 2.45) is 5.73 Å². The molecular weight excluding hydrogens is 442 g/mol. The number of piperidine rings is 1. The zero-order chi connectivity index (χ0) is 23.9. The molecule has 6 heterocycles. The number of fused-ring (bicyclic) bond motifs is 1. The number of hydrogen-bond donors (Lipinski definition) is 1. The highest BCUT2D eigenvalue weighted by Crippen LogP contribution is 2.32. The van der Waals surface area contributed by atoms with Crippen molar-refractivity contribution < 1.29 is 4.79 Å². The third kappa shape index (κ3) is 4.03. The van der Waals surface area contributed by atoms with E-state index in [1.165, 1.54) is 0 Å². The summed E-state index contributed by atoms with van der Waals surface area (Å²) in [6, 6.07) is 7.60. The van der Waals surface area contributed by atoms with Crippen molar-refractivity contribution in [1.29, 1.82) is 0 Å². The van der Waals surface area contributed by atoms with E-state index in [0.717, 1.165) is 61.5 Å². The van der Waals surface area contributed by atoms with Crippen molar-refractivity contribution in [2.45, 2.75) is 44.7 Å². The Bertz CT molecular complexity index is 1360. The number of likely N-dealkylation sites (tertiary alicyclic amines) is 1. The summed E-state index contributed by atoms with van der Waals surface area (Å²) in [5.74, 6) is 1.56. The van der Waals surface area contributed by atoms with E-state index in [2.05, 4.69) is 21.8 Å². The minimum atomic E-state index is -0.111. The van der Waals surface area contributed by atoms with Gasteiger partial charge in [0.15, 0.2) is 5.65 Å². The summed E-state index contributed by atoms with van der Waals surface area (Å²) >= 11 is 0. The normalized spacial score (nSPS) is 20.6. The molecule has 0 radical (unpaired) electrons. The maximum atomic E-state index is 13.6. The number of anilines is 1. The molecule has 6 rings (SSSR count). The molecule has 2 atom stereocenters. The van der Waals surface area contributed by atoms with Gasteiger partial charge >= 0.3 is 0 Å². The van der Waals surface area contributed by atoms with Crippen LogP contribution in [0, 0.1) is 6.92 Å². The lowest BCUT2D eigenvalue weighted by atomic mass is 9.99. The first-order valence-corrected chi connectivity index (χ1v) is 12.2. The molecule has 2 fully saturated rings. The average Bonchev–Trinajstić information content (AvgIpc) is 3.64. The fourth-order valence-corrected chi connectivity index (χ4v) is 5.19. The number of hydrogen-bond acceptors (Lipinski definition) is 7. The summed E-state index contributed by atoms with van der Waals surface area (Å²) < 4.78 is 3.63. The second-order valence-electron chi connectivity index (χ2n) is 9.48. The van der Waals surface area contributed by atoms with Crippen LogP contribution in [0.25, 0.3) is 11.5 Å². The Kier molecular flexibility index (Phi) is 5.44. The number of aryl methyl sites for hydroxylation is 1. The van der Waals surface area contributed by atoms with Gasteiger partial charge in [0.05, 0.1) is 11.7 Å². The first-order chi connectivity index (χ1) is 17.1. The molecule has 10 heteroatoms. The Hall–Kier alpha value is -3.79. The van der Waals surface area contributed by atoms with Crippen LogP contribution in [0.4, 0.5) is 5.82 Å². The van der Waals surface area contributed by atoms with E-state index in [0.29, 0.717) is 18.1 Å². The molecule has 2 aliphatic heterocycles. The molecule has 4 aromatic heterocycles. The SMILES string of the molecule is Cc1cn2nc([C@@H]3CCCCN3C(=O)c3cccc(-n4ccnc4)n3)cc2nc1N1CC[C@H](N)C1. The Morgan fingerprint density at radius 3 is 2.86 bits per heavy atom. The molecule has 0 saturated carbocycles. The van der Waals surface area contributed by atoms with Crippen LogP contribution in [-0.4, -0.2) is 65.6 Å². The summed E-state index contributed by atoms with van der Waals surface area (Å²) in [5, 5.41) is 4.85. The summed E-state index contributed by atoms with van der Waals surface area (Å²) in [7, 11) is 0. The van der Waals surface area contributed by atoms with Crippen molar-refractivity contribution in [3.8, 4) is 5.82 Å². The van der Waals surface area contributed by atoms with E-state index in [1.54, 1.807) is 23.2 Å². The first kappa shape index (κ1) is 21.7. The number of rotatable bonds is 4. The van der Waals surface area contributed by atoms with Crippen molar-refractivity contribution in [2.75, 3.05) is 24.5 Å². The maximum absolute atomic E-state index is 13.6. The third-order valence-electron chi connectivity index (χ3n) is 6.98. The summed E-state index contributed by atoms with van der Waals surface area (Å²) in [5.41, 5.74) is 9.27. The quantitative estimate of drug-likeness (QED) is 0.487. The topological polar surface area (TPSA) is 110 Å². The molecule has 10 nitrogen and oxygen atoms in total. The van der Waals surface area contributed by atoms with Gasteiger partial charge in [-0.25, -0.2) is 19.5 Å². The molecule has 1 amide bonds. The average molecular weight is 472 g/mol. The monoisotopic (exact) mass is 471 g/mol. The molecule has 0 spiro atoms. The largest absolute Gasteiger partial charge is 0.355 e. The van der Waals surface area contributed by atoms with E-state index in [4.69, 9.17) is 15.8 Å². The van der Waals surface area contributed by atoms with Crippen molar-refractivity contribution in [3.63, 3.8) is 0 Å². The fourth-order valence-electron chi connectivity index (χ4n) is 5.19. The molecule has 180 valence electrons. The van der Waals surface area contributed by atoms with Gasteiger partial charge in [-0.3, -0.25) is 9.36 Å². The van der Waals surface area contributed by atoms with Crippen LogP contribution < -0.4 is 10.6 Å². The summed E-state index contributed by atoms with van der Waals surface area (Å²) in [6.07, 6.45) is 11.1. The van der Waals surface area contributed by atoms with Gasteiger partial charge in [-0.15, -0.1) is 0 Å². The second-order valence-corrected chi connectivity index (χ2v) is 9.48. The molecule has 2 N–H and O–H groups in total. The van der Waals surface area contributed by atoms with E-state index in [9.17, 15) is 4.79 Å². The molecule has 0 aliphatic carbocycles. The standard InChI is InChI=1S/C25H29N9O/c1-17-14-34-23(29-24(17)31-11-8-18(26)15-31)13-20(30-34)21-6-2-3-10-33(21)25(35)19-5-4-7-22(28-19)32-12-9-27-16-32/h4-5,7,9,12-14,16,18,21H,2-3,6,8,10-11,15,26H2,1H3/t18-,21-/m0/s1. The molecule has 0 unspecified atom stereocenters. The predicted molar refractivity (Wildman–Crippen MR) is 132 cm³/mol. The molecule has 2 saturated heterocycles. The van der Waals surface area contributed by atoms with E-state index < -0.39 is 0 Å². The minimum absolute atomic E-state index is 0.0791. The fraction of sp³-hybridized carbons (Fsp3) is 0.400. The predicted octanol–water partition coefficient (Wildman–Crippen LogP) is 2.52. The Labute approximate surface area is 203 Å². The van der Waals surface area contributed by atoms with Gasteiger partial charge < -0.3 is 15.5 Å². The van der Waals surface area contributed by atoms with E-state index in [-0.39, 0.29) is 18.0 Å². The highest BCUT2D eigenvalue weighted by atomic mass is 16.2. The minimum Gasteiger partial charge on any atom is -0.355 e. The number of imidazole rings is 1. The van der Waals surface area contributed by atoms with Gasteiger partial charge in [0, 0.05) is 55.9 Å². The second kappa shape index (κ2) is 8.77. The van der Waals surface area contributed by atoms with E-state index >= 15 is 0 Å². The highest BCUT2D eigenvalue weighted by molar-refractivity contribution is 5.93. The van der Waals surface area contributed by atoms with Gasteiger partial charge in [-0.1, -0.05) is 6.07 Å². The molecule has 0 aromatic carbocycles. The zero-order valence-corrected chi connectivity index (χ0v) is 19.8. The van der Waals surface area contributed by atoms with Crippen LogP contribution in [0.5, 0.6) is 0 Å². The van der Waals surface area contributed by atoms with Gasteiger partial charge in [0.2, 0.25) is 0 Å². The summed E-state index contributed by atoms with van der Waals surface area (Å²) in [6.45, 7) is 4.48. The van der Waals surface area contributed by atoms with E-state index in [1.807, 2.05) is 40.0 Å². The smallest absolute Gasteiger partial charge is 0.273 e. The van der Waals surface area contributed by atoms with Crippen LogP contribution in [0.15, 0.2) is 49.2 Å². The lowest BCUT2D eigenvalue weighted by Gasteiger charge is -2.34.